The van der Waals surface area contributed by atoms with Crippen LogP contribution in [0.4, 0.5) is 0 Å². The zero-order valence-corrected chi connectivity index (χ0v) is 19.3. The molecule has 0 aliphatic heterocycles. The first kappa shape index (κ1) is 27.1. The number of hydrogen-bond acceptors (Lipinski definition) is 5. The number of hydroxylamine groups is 1. The van der Waals surface area contributed by atoms with Gasteiger partial charge in [0.05, 0.1) is 0 Å². The Morgan fingerprint density at radius 3 is 2.16 bits per heavy atom. The highest BCUT2D eigenvalue weighted by Crippen LogP contribution is 2.18. The molecule has 0 saturated carbocycles. The number of nitrogens with one attached hydrogen (secondary N) is 2. The number of primary amides is 1. The van der Waals surface area contributed by atoms with Crippen LogP contribution < -0.4 is 16.5 Å². The van der Waals surface area contributed by atoms with E-state index in [0.717, 1.165) is 5.56 Å². The number of rotatable bonds is 13. The summed E-state index contributed by atoms with van der Waals surface area (Å²) < 4.78 is 0. The molecule has 0 aliphatic rings. The number of nitrogens with zero attached hydrogens (tertiary/aromatic N) is 1. The van der Waals surface area contributed by atoms with E-state index >= 15 is 0 Å². The van der Waals surface area contributed by atoms with Gasteiger partial charge in [0.15, 0.2) is 0 Å². The molecule has 178 valence electrons. The molecule has 4 amide bonds. The first-order chi connectivity index (χ1) is 15.0. The second-order valence-electron chi connectivity index (χ2n) is 8.89. The average molecular weight is 449 g/mol. The Kier molecular flexibility index (Phi) is 11.4. The van der Waals surface area contributed by atoms with E-state index in [1.165, 1.54) is 10.4 Å². The summed E-state index contributed by atoms with van der Waals surface area (Å²) in [4.78, 5) is 50.9. The van der Waals surface area contributed by atoms with Gasteiger partial charge in [-0.15, -0.1) is 0 Å². The zero-order chi connectivity index (χ0) is 24.3. The quantitative estimate of drug-likeness (QED) is 0.265. The van der Waals surface area contributed by atoms with E-state index in [9.17, 15) is 19.2 Å². The molecule has 0 saturated heterocycles. The van der Waals surface area contributed by atoms with Gasteiger partial charge in [-0.1, -0.05) is 58.0 Å². The fraction of sp³-hybridized carbons (Fsp3) is 0.565. The van der Waals surface area contributed by atoms with Gasteiger partial charge in [-0.2, -0.15) is 0 Å². The summed E-state index contributed by atoms with van der Waals surface area (Å²) in [6.07, 6.45) is 0.558. The van der Waals surface area contributed by atoms with Crippen molar-refractivity contribution >= 4 is 23.6 Å². The van der Waals surface area contributed by atoms with Gasteiger partial charge in [0.1, 0.15) is 12.6 Å². The number of nitrogens with two attached hydrogens (primary N) is 1. The first-order valence-electron chi connectivity index (χ1n) is 10.9. The smallest absolute Gasteiger partial charge is 0.262 e. The van der Waals surface area contributed by atoms with Gasteiger partial charge in [0, 0.05) is 25.3 Å². The Morgan fingerprint density at radius 1 is 1.03 bits per heavy atom. The van der Waals surface area contributed by atoms with Crippen LogP contribution in [0.15, 0.2) is 30.3 Å². The SMILES string of the molecule is CC(C)CC(CC(=O)N(CC(=O)NO)CC(C)C)C(=O)NC(Cc1ccccc1)C(N)=O. The van der Waals surface area contributed by atoms with Crippen LogP contribution in [0.3, 0.4) is 0 Å². The van der Waals surface area contributed by atoms with Crippen LogP contribution in [-0.2, 0) is 25.6 Å². The molecular formula is C23H36N4O5. The lowest BCUT2D eigenvalue weighted by atomic mass is 9.92. The van der Waals surface area contributed by atoms with Crippen molar-refractivity contribution in [2.45, 2.75) is 53.0 Å². The molecule has 0 spiro atoms. The molecular weight excluding hydrogens is 412 g/mol. The van der Waals surface area contributed by atoms with E-state index in [2.05, 4.69) is 5.32 Å². The number of benzene rings is 1. The van der Waals surface area contributed by atoms with Crippen molar-refractivity contribution in [2.75, 3.05) is 13.1 Å². The molecule has 9 heteroatoms. The van der Waals surface area contributed by atoms with Gasteiger partial charge in [0.25, 0.3) is 5.91 Å². The Morgan fingerprint density at radius 2 is 1.66 bits per heavy atom. The van der Waals surface area contributed by atoms with Crippen molar-refractivity contribution in [3.63, 3.8) is 0 Å². The Labute approximate surface area is 189 Å². The second-order valence-corrected chi connectivity index (χ2v) is 8.89. The molecule has 32 heavy (non-hydrogen) atoms. The molecule has 0 aliphatic carbocycles. The maximum atomic E-state index is 13.0. The highest BCUT2D eigenvalue weighted by Gasteiger charge is 2.29. The predicted molar refractivity (Wildman–Crippen MR) is 120 cm³/mol. The van der Waals surface area contributed by atoms with E-state index in [1.807, 2.05) is 58.0 Å². The van der Waals surface area contributed by atoms with Gasteiger partial charge < -0.3 is 16.0 Å². The predicted octanol–water partition coefficient (Wildman–Crippen LogP) is 1.24. The number of amides is 4. The Balaban J connectivity index is 2.95. The lowest BCUT2D eigenvalue weighted by Gasteiger charge is -2.27. The lowest BCUT2D eigenvalue weighted by Crippen LogP contribution is -2.49. The summed E-state index contributed by atoms with van der Waals surface area (Å²) in [5, 5.41) is 11.5. The summed E-state index contributed by atoms with van der Waals surface area (Å²) in [6, 6.07) is 8.30. The molecule has 5 N–H and O–H groups in total. The summed E-state index contributed by atoms with van der Waals surface area (Å²) in [6.45, 7) is 7.67. The monoisotopic (exact) mass is 448 g/mol. The van der Waals surface area contributed by atoms with Crippen molar-refractivity contribution in [3.05, 3.63) is 35.9 Å². The number of carbonyl (C=O) groups is 4. The second kappa shape index (κ2) is 13.5. The summed E-state index contributed by atoms with van der Waals surface area (Å²) in [5.74, 6) is -2.64. The maximum absolute atomic E-state index is 13.0. The summed E-state index contributed by atoms with van der Waals surface area (Å²) in [5.41, 5.74) is 7.89. The third-order valence-electron chi connectivity index (χ3n) is 4.89. The molecule has 1 rings (SSSR count). The van der Waals surface area contributed by atoms with Crippen molar-refractivity contribution in [3.8, 4) is 0 Å². The van der Waals surface area contributed by atoms with Crippen LogP contribution in [0.1, 0.15) is 46.1 Å². The van der Waals surface area contributed by atoms with E-state index in [4.69, 9.17) is 10.9 Å². The minimum atomic E-state index is -0.901. The van der Waals surface area contributed by atoms with Crippen molar-refractivity contribution < 1.29 is 24.4 Å². The van der Waals surface area contributed by atoms with Crippen LogP contribution in [0, 0.1) is 17.8 Å². The Bertz CT molecular complexity index is 767. The normalized spacial score (nSPS) is 12.8. The minimum Gasteiger partial charge on any atom is -0.368 e. The number of hydrogen-bond donors (Lipinski definition) is 4. The van der Waals surface area contributed by atoms with Crippen LogP contribution >= 0.6 is 0 Å². The molecule has 0 bridgehead atoms. The van der Waals surface area contributed by atoms with E-state index in [0.29, 0.717) is 13.0 Å². The third-order valence-corrected chi connectivity index (χ3v) is 4.89. The van der Waals surface area contributed by atoms with E-state index < -0.39 is 29.7 Å². The van der Waals surface area contributed by atoms with E-state index in [-0.39, 0.29) is 37.1 Å². The first-order valence-corrected chi connectivity index (χ1v) is 10.9. The third kappa shape index (κ3) is 9.91. The minimum absolute atomic E-state index is 0.0907. The van der Waals surface area contributed by atoms with Gasteiger partial charge in [0.2, 0.25) is 17.7 Å². The Hall–Kier alpha value is -2.94. The average Bonchev–Trinajstić information content (AvgIpc) is 2.72. The van der Waals surface area contributed by atoms with Crippen LogP contribution in [0.2, 0.25) is 0 Å². The fourth-order valence-corrected chi connectivity index (χ4v) is 3.46. The molecule has 0 radical (unpaired) electrons. The molecule has 2 atom stereocenters. The van der Waals surface area contributed by atoms with Gasteiger partial charge in [-0.05, 0) is 23.8 Å². The highest BCUT2D eigenvalue weighted by molar-refractivity contribution is 5.91. The molecule has 2 unspecified atom stereocenters. The molecule has 0 aromatic heterocycles. The van der Waals surface area contributed by atoms with Crippen molar-refractivity contribution in [1.29, 1.82) is 0 Å². The lowest BCUT2D eigenvalue weighted by molar-refractivity contribution is -0.142. The zero-order valence-electron chi connectivity index (χ0n) is 19.3. The van der Waals surface area contributed by atoms with Gasteiger partial charge >= 0.3 is 0 Å². The van der Waals surface area contributed by atoms with Crippen LogP contribution in [0.25, 0.3) is 0 Å². The largest absolute Gasteiger partial charge is 0.368 e. The number of carbonyl (C=O) groups excluding carboxylic acids is 4. The van der Waals surface area contributed by atoms with Crippen molar-refractivity contribution in [1.82, 2.24) is 15.7 Å². The van der Waals surface area contributed by atoms with Crippen LogP contribution in [-0.4, -0.2) is 52.9 Å². The van der Waals surface area contributed by atoms with Gasteiger partial charge in [-0.25, -0.2) is 5.48 Å². The van der Waals surface area contributed by atoms with Crippen LogP contribution in [0.5, 0.6) is 0 Å². The highest BCUT2D eigenvalue weighted by atomic mass is 16.5. The standard InChI is InChI=1S/C23H36N4O5/c1-15(2)10-18(12-21(29)27(13-16(3)4)14-20(28)26-32)23(31)25-19(22(24)30)11-17-8-6-5-7-9-17/h5-9,15-16,18-19,32H,10-14H2,1-4H3,(H2,24,30)(H,25,31)(H,26,28). The molecule has 0 fully saturated rings. The molecule has 9 nitrogen and oxygen atoms in total. The topological polar surface area (TPSA) is 142 Å². The van der Waals surface area contributed by atoms with Gasteiger partial charge in [-0.3, -0.25) is 24.4 Å². The molecule has 0 heterocycles. The molecule has 1 aromatic rings. The summed E-state index contributed by atoms with van der Waals surface area (Å²) >= 11 is 0. The van der Waals surface area contributed by atoms with E-state index in [1.54, 1.807) is 0 Å². The summed E-state index contributed by atoms with van der Waals surface area (Å²) in [7, 11) is 0. The molecule has 1 aromatic carbocycles. The fourth-order valence-electron chi connectivity index (χ4n) is 3.46. The maximum Gasteiger partial charge on any atom is 0.262 e. The van der Waals surface area contributed by atoms with Crippen molar-refractivity contribution in [2.24, 2.45) is 23.5 Å².